The molecule has 1 saturated heterocycles. The number of anilines is 2. The van der Waals surface area contributed by atoms with E-state index in [0.717, 1.165) is 17.9 Å². The number of carbonyl (C=O) groups is 1. The third kappa shape index (κ3) is 6.91. The largest absolute Gasteiger partial charge is 0.480 e. The molecule has 1 unspecified atom stereocenters. The Hall–Kier alpha value is -3.56. The quantitative estimate of drug-likeness (QED) is 0.286. The number of methoxy groups -OCH3 is 1. The third-order valence-corrected chi connectivity index (χ3v) is 7.56. The van der Waals surface area contributed by atoms with Gasteiger partial charge in [-0.25, -0.2) is 9.37 Å². The number of likely N-dealkylation sites (tertiary alicyclic amines) is 1. The lowest BCUT2D eigenvalue weighted by molar-refractivity contribution is -0.126. The highest BCUT2D eigenvalue weighted by Crippen LogP contribution is 2.39. The number of nitrogens with one attached hydrogen (secondary N) is 3. The van der Waals surface area contributed by atoms with Gasteiger partial charge in [0.25, 0.3) is 5.91 Å². The number of rotatable bonds is 7. The predicted octanol–water partition coefficient (Wildman–Crippen LogP) is 4.69. The number of alkyl halides is 4. The van der Waals surface area contributed by atoms with Crippen molar-refractivity contribution in [3.05, 3.63) is 46.5 Å². The molecule has 0 saturated carbocycles. The summed E-state index contributed by atoms with van der Waals surface area (Å²) in [5.74, 6) is 5.59. The molecule has 1 aliphatic heterocycles. The molecule has 12 heteroatoms. The number of hydrogen-bond acceptors (Lipinski definition) is 7. The second kappa shape index (κ2) is 12.1. The summed E-state index contributed by atoms with van der Waals surface area (Å²) in [6, 6.07) is 7.81. The Morgan fingerprint density at radius 1 is 1.26 bits per heavy atom. The van der Waals surface area contributed by atoms with E-state index in [1.165, 1.54) is 20.2 Å². The van der Waals surface area contributed by atoms with E-state index < -0.39 is 24.8 Å². The highest BCUT2D eigenvalue weighted by molar-refractivity contribution is 7.20. The summed E-state index contributed by atoms with van der Waals surface area (Å²) >= 11 is 1.16. The van der Waals surface area contributed by atoms with Crippen LogP contribution in [0, 0.1) is 11.8 Å². The summed E-state index contributed by atoms with van der Waals surface area (Å²) in [6.07, 6.45) is -6.03. The molecule has 1 aromatic carbocycles. The molecule has 3 N–H and O–H groups in total. The summed E-state index contributed by atoms with van der Waals surface area (Å²) in [5.41, 5.74) is 1.37. The predicted molar refractivity (Wildman–Crippen MR) is 146 cm³/mol. The smallest absolute Gasteiger partial charge is 0.393 e. The number of hydrogen-bond donors (Lipinski definition) is 3. The molecular weight excluding hydrogens is 534 g/mol. The number of ether oxygens (including phenoxy) is 1. The van der Waals surface area contributed by atoms with Gasteiger partial charge in [-0.1, -0.05) is 24.0 Å². The van der Waals surface area contributed by atoms with Crippen molar-refractivity contribution in [3.8, 4) is 17.7 Å². The van der Waals surface area contributed by atoms with Crippen LogP contribution in [-0.4, -0.2) is 75.0 Å². The van der Waals surface area contributed by atoms with Crippen LogP contribution in [0.25, 0.3) is 10.1 Å². The first-order valence-electron chi connectivity index (χ1n) is 12.3. The molecule has 2 atom stereocenters. The van der Waals surface area contributed by atoms with E-state index in [9.17, 15) is 22.4 Å². The van der Waals surface area contributed by atoms with Crippen LogP contribution < -0.4 is 20.7 Å². The lowest BCUT2D eigenvalue weighted by atomic mass is 10.0. The summed E-state index contributed by atoms with van der Waals surface area (Å²) in [4.78, 5) is 18.2. The van der Waals surface area contributed by atoms with Crippen LogP contribution in [0.15, 0.2) is 30.3 Å². The van der Waals surface area contributed by atoms with Crippen molar-refractivity contribution in [2.24, 2.45) is 0 Å². The number of aromatic nitrogens is 1. The van der Waals surface area contributed by atoms with Crippen LogP contribution in [0.1, 0.15) is 27.3 Å². The van der Waals surface area contributed by atoms with Gasteiger partial charge in [0.15, 0.2) is 0 Å². The molecule has 7 nitrogen and oxygen atoms in total. The third-order valence-electron chi connectivity index (χ3n) is 6.36. The lowest BCUT2D eigenvalue weighted by Gasteiger charge is -2.33. The lowest BCUT2D eigenvalue weighted by Crippen LogP contribution is -2.46. The highest BCUT2D eigenvalue weighted by atomic mass is 32.1. The van der Waals surface area contributed by atoms with E-state index in [4.69, 9.17) is 4.74 Å². The molecule has 1 fully saturated rings. The van der Waals surface area contributed by atoms with E-state index >= 15 is 0 Å². The number of thiophene rings is 1. The second-order valence-electron chi connectivity index (χ2n) is 9.19. The van der Waals surface area contributed by atoms with Crippen molar-refractivity contribution in [2.75, 3.05) is 51.5 Å². The maximum atomic E-state index is 14.7. The van der Waals surface area contributed by atoms with Gasteiger partial charge in [-0.2, -0.15) is 13.2 Å². The maximum Gasteiger partial charge on any atom is 0.393 e. The summed E-state index contributed by atoms with van der Waals surface area (Å²) in [5, 5.41) is 9.20. The van der Waals surface area contributed by atoms with Crippen molar-refractivity contribution in [1.29, 1.82) is 0 Å². The number of amides is 1. The molecule has 0 spiro atoms. The van der Waals surface area contributed by atoms with Crippen LogP contribution in [0.5, 0.6) is 5.88 Å². The molecule has 39 heavy (non-hydrogen) atoms. The molecular formula is C27H29F4N5O2S. The molecule has 0 radical (unpaired) electrons. The fourth-order valence-electron chi connectivity index (χ4n) is 4.43. The highest BCUT2D eigenvalue weighted by Gasteiger charge is 2.32. The molecule has 0 bridgehead atoms. The summed E-state index contributed by atoms with van der Waals surface area (Å²) in [7, 11) is 4.76. The molecule has 2 aromatic heterocycles. The number of halogens is 4. The topological polar surface area (TPSA) is 78.5 Å². The minimum Gasteiger partial charge on any atom is -0.480 e. The van der Waals surface area contributed by atoms with Gasteiger partial charge in [-0.3, -0.25) is 4.79 Å². The SMILES string of the molecule is CNC(=O)c1ccc(NCC#Cc2sc3c(N[C@@H]4CCN(C)CC4F)cccc3c2CC(F)(F)F)c(OC)n1. The van der Waals surface area contributed by atoms with Crippen molar-refractivity contribution >= 4 is 38.7 Å². The van der Waals surface area contributed by atoms with E-state index in [2.05, 4.69) is 32.8 Å². The van der Waals surface area contributed by atoms with Crippen molar-refractivity contribution in [3.63, 3.8) is 0 Å². The Labute approximate surface area is 227 Å². The number of nitrogens with zero attached hydrogens (tertiary/aromatic N) is 2. The zero-order valence-electron chi connectivity index (χ0n) is 21.7. The first-order chi connectivity index (χ1) is 18.6. The molecule has 0 aliphatic carbocycles. The summed E-state index contributed by atoms with van der Waals surface area (Å²) < 4.78 is 61.1. The molecule has 208 valence electrons. The van der Waals surface area contributed by atoms with E-state index in [0.29, 0.717) is 39.3 Å². The molecule has 3 heterocycles. The maximum absolute atomic E-state index is 14.7. The molecule has 1 amide bonds. The van der Waals surface area contributed by atoms with Gasteiger partial charge in [0, 0.05) is 20.1 Å². The zero-order chi connectivity index (χ0) is 28.2. The van der Waals surface area contributed by atoms with E-state index in [-0.39, 0.29) is 29.6 Å². The van der Waals surface area contributed by atoms with Gasteiger partial charge in [0.2, 0.25) is 5.88 Å². The van der Waals surface area contributed by atoms with Gasteiger partial charge >= 0.3 is 6.18 Å². The second-order valence-corrected chi connectivity index (χ2v) is 10.2. The van der Waals surface area contributed by atoms with Crippen molar-refractivity contribution in [2.45, 2.75) is 31.2 Å². The van der Waals surface area contributed by atoms with Crippen molar-refractivity contribution < 1.29 is 27.1 Å². The van der Waals surface area contributed by atoms with Gasteiger partial charge in [0.05, 0.1) is 47.1 Å². The number of fused-ring (bicyclic) bond motifs is 1. The Kier molecular flexibility index (Phi) is 8.82. The van der Waals surface area contributed by atoms with Gasteiger partial charge in [0.1, 0.15) is 11.9 Å². The van der Waals surface area contributed by atoms with Crippen LogP contribution >= 0.6 is 11.3 Å². The van der Waals surface area contributed by atoms with E-state index in [1.807, 2.05) is 11.9 Å². The average Bonchev–Trinajstić information content (AvgIpc) is 3.24. The fourth-order valence-corrected chi connectivity index (χ4v) is 5.60. The first kappa shape index (κ1) is 28.4. The van der Waals surface area contributed by atoms with Crippen LogP contribution in [-0.2, 0) is 6.42 Å². The summed E-state index contributed by atoms with van der Waals surface area (Å²) in [6.45, 7) is 1.13. The Morgan fingerprint density at radius 2 is 2.05 bits per heavy atom. The number of benzene rings is 1. The van der Waals surface area contributed by atoms with Gasteiger partial charge in [-0.05, 0) is 42.6 Å². The van der Waals surface area contributed by atoms with Gasteiger partial charge < -0.3 is 25.6 Å². The van der Waals surface area contributed by atoms with Crippen molar-refractivity contribution in [1.82, 2.24) is 15.2 Å². The fraction of sp³-hybridized carbons (Fsp3) is 0.407. The minimum atomic E-state index is -4.42. The average molecular weight is 564 g/mol. The molecule has 1 aliphatic rings. The Morgan fingerprint density at radius 3 is 2.74 bits per heavy atom. The normalized spacial score (nSPS) is 17.8. The minimum absolute atomic E-state index is 0.0985. The number of pyridine rings is 1. The van der Waals surface area contributed by atoms with Crippen LogP contribution in [0.4, 0.5) is 28.9 Å². The number of carbonyl (C=O) groups excluding carboxylic acids is 1. The van der Waals surface area contributed by atoms with Gasteiger partial charge in [-0.15, -0.1) is 11.3 Å². The standard InChI is InChI=1S/C27H29F4N5O2S/c1-32-25(37)21-9-10-22(26(35-21)38-3)33-12-5-8-23-17(14-27(29,30)31)16-6-4-7-20(24(16)39-23)34-19-11-13-36(2)15-18(19)28/h4,6-7,9-10,18-19,33-34H,11-15H2,1-3H3,(H,32,37)/t18?,19-/m1/s1. The van der Waals surface area contributed by atoms with Crippen LogP contribution in [0.3, 0.4) is 0 Å². The first-order valence-corrected chi connectivity index (χ1v) is 13.1. The Bertz CT molecular complexity index is 1400. The molecule has 3 aromatic rings. The zero-order valence-corrected chi connectivity index (χ0v) is 22.5. The Balaban J connectivity index is 1.59. The molecule has 4 rings (SSSR count). The van der Waals surface area contributed by atoms with Crippen LogP contribution in [0.2, 0.25) is 0 Å². The monoisotopic (exact) mass is 563 g/mol. The number of piperidine rings is 1. The van der Waals surface area contributed by atoms with E-state index in [1.54, 1.807) is 24.3 Å².